The Hall–Kier alpha value is -3.68. The highest BCUT2D eigenvalue weighted by atomic mass is 16.5. The summed E-state index contributed by atoms with van der Waals surface area (Å²) >= 11 is 0. The summed E-state index contributed by atoms with van der Waals surface area (Å²) in [6.07, 6.45) is 0. The van der Waals surface area contributed by atoms with Crippen molar-refractivity contribution in [3.8, 4) is 17.2 Å². The zero-order valence-electron chi connectivity index (χ0n) is 14.0. The minimum absolute atomic E-state index is 0.218. The van der Waals surface area contributed by atoms with Gasteiger partial charge < -0.3 is 24.3 Å². The zero-order valence-corrected chi connectivity index (χ0v) is 14.0. The molecule has 0 aliphatic carbocycles. The average Bonchev–Trinajstić information content (AvgIpc) is 2.65. The smallest absolute Gasteiger partial charge is 0.364 e. The molecule has 0 spiro atoms. The molecule has 0 bridgehead atoms. The Kier molecular flexibility index (Phi) is 4.66. The third kappa shape index (κ3) is 3.25. The number of fused-ring (bicyclic) bond motifs is 1. The van der Waals surface area contributed by atoms with E-state index in [0.29, 0.717) is 22.6 Å². The summed E-state index contributed by atoms with van der Waals surface area (Å²) in [5.41, 5.74) is -0.679. The third-order valence-electron chi connectivity index (χ3n) is 3.68. The van der Waals surface area contributed by atoms with Crippen molar-refractivity contribution >= 4 is 28.4 Å². The number of hydrogen-bond acceptors (Lipinski definition) is 6. The van der Waals surface area contributed by atoms with E-state index in [9.17, 15) is 14.7 Å². The molecule has 0 unspecified atom stereocenters. The normalized spacial score (nSPS) is 10.4. The number of para-hydroxylation sites is 1. The number of anilines is 2. The van der Waals surface area contributed by atoms with Gasteiger partial charge in [0.15, 0.2) is 11.4 Å². The van der Waals surface area contributed by atoms with Crippen LogP contribution in [-0.4, -0.2) is 25.4 Å². The Labute approximate surface area is 148 Å². The lowest BCUT2D eigenvalue weighted by molar-refractivity contribution is 0.261. The molecular weight excluding hydrogens is 340 g/mol. The first kappa shape index (κ1) is 17.2. The van der Waals surface area contributed by atoms with Gasteiger partial charge in [0, 0.05) is 6.07 Å². The molecule has 0 radical (unpaired) electrons. The van der Waals surface area contributed by atoms with Crippen molar-refractivity contribution in [3.63, 3.8) is 0 Å². The second-order valence-corrected chi connectivity index (χ2v) is 5.25. The summed E-state index contributed by atoms with van der Waals surface area (Å²) in [5.74, 6) is 0.537. The van der Waals surface area contributed by atoms with Crippen molar-refractivity contribution in [1.82, 2.24) is 0 Å². The number of carbonyl (C=O) groups is 1. The molecule has 0 saturated heterocycles. The Bertz CT molecular complexity index is 1030. The van der Waals surface area contributed by atoms with Gasteiger partial charge in [0.25, 0.3) is 0 Å². The SMILES string of the molecule is COc1ccc(OC)c(NC(=O)Nc2c(O)c3ccccc3oc2=O)c1. The number of urea groups is 1. The van der Waals surface area contributed by atoms with E-state index in [4.69, 9.17) is 13.9 Å². The number of amides is 2. The van der Waals surface area contributed by atoms with Crippen molar-refractivity contribution in [2.24, 2.45) is 0 Å². The van der Waals surface area contributed by atoms with Gasteiger partial charge in [0.1, 0.15) is 17.1 Å². The number of aromatic hydroxyl groups is 1. The van der Waals surface area contributed by atoms with Crippen LogP contribution < -0.4 is 25.7 Å². The fourth-order valence-corrected chi connectivity index (χ4v) is 2.42. The maximum atomic E-state index is 12.3. The van der Waals surface area contributed by atoms with Gasteiger partial charge in [0.2, 0.25) is 0 Å². The van der Waals surface area contributed by atoms with Gasteiger partial charge in [-0.3, -0.25) is 5.32 Å². The van der Waals surface area contributed by atoms with Gasteiger partial charge in [-0.25, -0.2) is 9.59 Å². The number of methoxy groups -OCH3 is 2. The van der Waals surface area contributed by atoms with Crippen LogP contribution in [0.3, 0.4) is 0 Å². The number of hydrogen-bond donors (Lipinski definition) is 3. The topological polar surface area (TPSA) is 110 Å². The van der Waals surface area contributed by atoms with E-state index in [1.165, 1.54) is 14.2 Å². The van der Waals surface area contributed by atoms with Gasteiger partial charge in [-0.1, -0.05) is 12.1 Å². The largest absolute Gasteiger partial charge is 0.505 e. The minimum atomic E-state index is -0.867. The van der Waals surface area contributed by atoms with Gasteiger partial charge in [-0.2, -0.15) is 0 Å². The van der Waals surface area contributed by atoms with Gasteiger partial charge in [-0.05, 0) is 24.3 Å². The summed E-state index contributed by atoms with van der Waals surface area (Å²) in [5, 5.41) is 15.4. The predicted octanol–water partition coefficient (Wildman–Crippen LogP) is 3.16. The van der Waals surface area contributed by atoms with Gasteiger partial charge >= 0.3 is 11.7 Å². The fourth-order valence-electron chi connectivity index (χ4n) is 2.42. The summed E-state index contributed by atoms with van der Waals surface area (Å²) in [7, 11) is 2.94. The van der Waals surface area contributed by atoms with E-state index in [1.54, 1.807) is 42.5 Å². The van der Waals surface area contributed by atoms with Crippen LogP contribution in [0.25, 0.3) is 11.0 Å². The third-order valence-corrected chi connectivity index (χ3v) is 3.68. The van der Waals surface area contributed by atoms with Crippen molar-refractivity contribution in [2.75, 3.05) is 24.9 Å². The molecule has 3 N–H and O–H groups in total. The molecule has 0 aliphatic rings. The van der Waals surface area contributed by atoms with Gasteiger partial charge in [-0.15, -0.1) is 0 Å². The summed E-state index contributed by atoms with van der Waals surface area (Å²) in [6, 6.07) is 10.5. The molecule has 1 heterocycles. The Balaban J connectivity index is 1.90. The summed E-state index contributed by atoms with van der Waals surface area (Å²) in [4.78, 5) is 24.3. The van der Waals surface area contributed by atoms with Crippen LogP contribution >= 0.6 is 0 Å². The molecule has 2 amide bonds. The maximum Gasteiger partial charge on any atom is 0.364 e. The fraction of sp³-hybridized carbons (Fsp3) is 0.111. The lowest BCUT2D eigenvalue weighted by Crippen LogP contribution is -2.23. The average molecular weight is 356 g/mol. The lowest BCUT2D eigenvalue weighted by atomic mass is 10.2. The van der Waals surface area contributed by atoms with E-state index in [2.05, 4.69) is 10.6 Å². The van der Waals surface area contributed by atoms with Crippen LogP contribution in [0.5, 0.6) is 17.2 Å². The molecule has 134 valence electrons. The molecule has 0 saturated carbocycles. The molecule has 0 fully saturated rings. The summed E-state index contributed by atoms with van der Waals surface area (Å²) in [6.45, 7) is 0. The predicted molar refractivity (Wildman–Crippen MR) is 96.3 cm³/mol. The van der Waals surface area contributed by atoms with E-state index >= 15 is 0 Å². The molecule has 8 nitrogen and oxygen atoms in total. The van der Waals surface area contributed by atoms with Crippen molar-refractivity contribution in [3.05, 3.63) is 52.9 Å². The quantitative estimate of drug-likeness (QED) is 0.620. The molecule has 3 rings (SSSR count). The first-order chi connectivity index (χ1) is 12.5. The second kappa shape index (κ2) is 7.06. The molecular formula is C18H16N2O6. The van der Waals surface area contributed by atoms with Crippen LogP contribution in [0.15, 0.2) is 51.7 Å². The molecule has 26 heavy (non-hydrogen) atoms. The molecule has 0 atom stereocenters. The van der Waals surface area contributed by atoms with Crippen LogP contribution in [0.2, 0.25) is 0 Å². The zero-order chi connectivity index (χ0) is 18.7. The molecule has 3 aromatic rings. The van der Waals surface area contributed by atoms with Gasteiger partial charge in [0.05, 0.1) is 25.3 Å². The highest BCUT2D eigenvalue weighted by molar-refractivity contribution is 6.03. The number of carbonyl (C=O) groups excluding carboxylic acids is 1. The molecule has 0 aliphatic heterocycles. The van der Waals surface area contributed by atoms with Crippen LogP contribution in [0, 0.1) is 0 Å². The van der Waals surface area contributed by atoms with Crippen LogP contribution in [0.1, 0.15) is 0 Å². The van der Waals surface area contributed by atoms with Crippen LogP contribution in [0.4, 0.5) is 16.2 Å². The number of rotatable bonds is 4. The first-order valence-electron chi connectivity index (χ1n) is 7.58. The standard InChI is InChI=1S/C18H16N2O6/c1-24-10-7-8-14(25-2)12(9-10)19-18(23)20-15-16(21)11-5-3-4-6-13(11)26-17(15)22/h3-9,21H,1-2H3,(H2,19,20,23). The Morgan fingerprint density at radius 3 is 2.58 bits per heavy atom. The second-order valence-electron chi connectivity index (χ2n) is 5.25. The number of nitrogens with one attached hydrogen (secondary N) is 2. The maximum absolute atomic E-state index is 12.3. The highest BCUT2D eigenvalue weighted by Crippen LogP contribution is 2.31. The Morgan fingerprint density at radius 1 is 1.08 bits per heavy atom. The highest BCUT2D eigenvalue weighted by Gasteiger charge is 2.17. The van der Waals surface area contributed by atoms with E-state index in [1.807, 2.05) is 0 Å². The van der Waals surface area contributed by atoms with E-state index < -0.39 is 11.7 Å². The molecule has 1 aromatic heterocycles. The van der Waals surface area contributed by atoms with E-state index in [-0.39, 0.29) is 17.0 Å². The van der Waals surface area contributed by atoms with Crippen molar-refractivity contribution < 1.29 is 23.8 Å². The monoisotopic (exact) mass is 356 g/mol. The van der Waals surface area contributed by atoms with Crippen molar-refractivity contribution in [1.29, 1.82) is 0 Å². The van der Waals surface area contributed by atoms with Crippen LogP contribution in [-0.2, 0) is 0 Å². The lowest BCUT2D eigenvalue weighted by Gasteiger charge is -2.13. The summed E-state index contributed by atoms with van der Waals surface area (Å²) < 4.78 is 15.4. The molecule has 2 aromatic carbocycles. The Morgan fingerprint density at radius 2 is 1.85 bits per heavy atom. The number of ether oxygens (including phenoxy) is 2. The minimum Gasteiger partial charge on any atom is -0.505 e. The van der Waals surface area contributed by atoms with Crippen molar-refractivity contribution in [2.45, 2.75) is 0 Å². The van der Waals surface area contributed by atoms with E-state index in [0.717, 1.165) is 0 Å². The number of benzene rings is 2. The molecule has 8 heteroatoms. The first-order valence-corrected chi connectivity index (χ1v) is 7.58.